The van der Waals surface area contributed by atoms with E-state index in [1.165, 1.54) is 6.42 Å². The van der Waals surface area contributed by atoms with E-state index in [2.05, 4.69) is 18.8 Å². The summed E-state index contributed by atoms with van der Waals surface area (Å²) in [5.41, 5.74) is 1.66. The third kappa shape index (κ3) is 2.84. The number of aromatic nitrogens is 1. The summed E-state index contributed by atoms with van der Waals surface area (Å²) in [4.78, 5) is 18.4. The topological polar surface area (TPSA) is 33.2 Å². The highest BCUT2D eigenvalue weighted by Gasteiger charge is 2.26. The number of nitrogens with zero attached hydrogens (tertiary/aromatic N) is 2. The minimum Gasteiger partial charge on any atom is -0.338 e. The molecule has 0 bridgehead atoms. The fourth-order valence-electron chi connectivity index (χ4n) is 2.69. The fourth-order valence-corrected chi connectivity index (χ4v) is 2.69. The van der Waals surface area contributed by atoms with Gasteiger partial charge < -0.3 is 4.90 Å². The van der Waals surface area contributed by atoms with E-state index in [0.29, 0.717) is 11.8 Å². The highest BCUT2D eigenvalue weighted by molar-refractivity contribution is 5.94. The van der Waals surface area contributed by atoms with Gasteiger partial charge in [0, 0.05) is 30.5 Å². The van der Waals surface area contributed by atoms with Gasteiger partial charge in [-0.1, -0.05) is 13.8 Å². The van der Waals surface area contributed by atoms with Crippen LogP contribution in [-0.2, 0) is 0 Å². The molecule has 2 atom stereocenters. The molecular formula is C14H20N2O. The molecule has 1 aliphatic heterocycles. The van der Waals surface area contributed by atoms with Crippen LogP contribution in [0.25, 0.3) is 0 Å². The van der Waals surface area contributed by atoms with Crippen LogP contribution >= 0.6 is 0 Å². The summed E-state index contributed by atoms with van der Waals surface area (Å²) in [7, 11) is 0. The number of carbonyl (C=O) groups excluding carboxylic acids is 1. The molecular weight excluding hydrogens is 212 g/mol. The van der Waals surface area contributed by atoms with Gasteiger partial charge in [-0.25, -0.2) is 0 Å². The van der Waals surface area contributed by atoms with Crippen molar-refractivity contribution in [2.75, 3.05) is 13.1 Å². The van der Waals surface area contributed by atoms with Crippen molar-refractivity contribution in [3.05, 3.63) is 29.6 Å². The lowest BCUT2D eigenvalue weighted by Crippen LogP contribution is -2.42. The molecule has 1 aliphatic rings. The number of piperidine rings is 1. The van der Waals surface area contributed by atoms with Crippen molar-refractivity contribution in [2.24, 2.45) is 11.8 Å². The van der Waals surface area contributed by atoms with Crippen molar-refractivity contribution in [3.8, 4) is 0 Å². The Hall–Kier alpha value is -1.38. The number of pyridine rings is 1. The van der Waals surface area contributed by atoms with E-state index in [1.807, 2.05) is 17.9 Å². The molecule has 0 N–H and O–H groups in total. The van der Waals surface area contributed by atoms with Crippen LogP contribution in [0, 0.1) is 18.8 Å². The first kappa shape index (κ1) is 12.1. The summed E-state index contributed by atoms with van der Waals surface area (Å²) >= 11 is 0. The summed E-state index contributed by atoms with van der Waals surface area (Å²) in [6.45, 7) is 8.11. The third-order valence-electron chi connectivity index (χ3n) is 3.30. The smallest absolute Gasteiger partial charge is 0.253 e. The maximum Gasteiger partial charge on any atom is 0.253 e. The van der Waals surface area contributed by atoms with E-state index in [9.17, 15) is 4.79 Å². The molecule has 1 amide bonds. The predicted molar refractivity (Wildman–Crippen MR) is 67.8 cm³/mol. The molecule has 17 heavy (non-hydrogen) atoms. The van der Waals surface area contributed by atoms with Crippen LogP contribution in [0.15, 0.2) is 18.3 Å². The van der Waals surface area contributed by atoms with Crippen molar-refractivity contribution in [1.82, 2.24) is 9.88 Å². The lowest BCUT2D eigenvalue weighted by molar-refractivity contribution is 0.0623. The second kappa shape index (κ2) is 4.86. The molecule has 3 nitrogen and oxygen atoms in total. The number of rotatable bonds is 1. The summed E-state index contributed by atoms with van der Waals surface area (Å²) in [6.07, 6.45) is 2.93. The Morgan fingerprint density at radius 2 is 2.00 bits per heavy atom. The first-order chi connectivity index (χ1) is 8.06. The molecule has 1 aromatic rings. The quantitative estimate of drug-likeness (QED) is 0.745. The highest BCUT2D eigenvalue weighted by Crippen LogP contribution is 2.22. The Labute approximate surface area is 103 Å². The number of amides is 1. The largest absolute Gasteiger partial charge is 0.338 e. The molecule has 2 unspecified atom stereocenters. The highest BCUT2D eigenvalue weighted by atomic mass is 16.2. The molecule has 3 heteroatoms. The Morgan fingerprint density at radius 3 is 2.59 bits per heavy atom. The Morgan fingerprint density at radius 1 is 1.35 bits per heavy atom. The summed E-state index contributed by atoms with van der Waals surface area (Å²) < 4.78 is 0. The normalized spacial score (nSPS) is 24.8. The standard InChI is InChI=1S/C14H20N2O/c1-10-6-11(2)9-16(8-10)14(17)13-4-5-15-12(3)7-13/h4-5,7,10-11H,6,8-9H2,1-3H3. The van der Waals surface area contributed by atoms with Crippen molar-refractivity contribution in [1.29, 1.82) is 0 Å². The molecule has 0 saturated carbocycles. The first-order valence-electron chi connectivity index (χ1n) is 6.28. The van der Waals surface area contributed by atoms with Crippen molar-refractivity contribution in [3.63, 3.8) is 0 Å². The lowest BCUT2D eigenvalue weighted by Gasteiger charge is -2.35. The monoisotopic (exact) mass is 232 g/mol. The average Bonchev–Trinajstić information content (AvgIpc) is 2.26. The van der Waals surface area contributed by atoms with Gasteiger partial charge in [0.15, 0.2) is 0 Å². The molecule has 0 aromatic carbocycles. The lowest BCUT2D eigenvalue weighted by atomic mass is 9.91. The number of aryl methyl sites for hydroxylation is 1. The van der Waals surface area contributed by atoms with Gasteiger partial charge in [-0.3, -0.25) is 9.78 Å². The zero-order valence-corrected chi connectivity index (χ0v) is 10.8. The van der Waals surface area contributed by atoms with Crippen LogP contribution in [0.5, 0.6) is 0 Å². The van der Waals surface area contributed by atoms with Crippen molar-refractivity contribution >= 4 is 5.91 Å². The predicted octanol–water partition coefficient (Wildman–Crippen LogP) is 2.51. The second-order valence-corrected chi connectivity index (χ2v) is 5.34. The molecule has 0 spiro atoms. The van der Waals surface area contributed by atoms with Crippen molar-refractivity contribution < 1.29 is 4.79 Å². The van der Waals surface area contributed by atoms with Crippen molar-refractivity contribution in [2.45, 2.75) is 27.2 Å². The SMILES string of the molecule is Cc1cc(C(=O)N2CC(C)CC(C)C2)ccn1. The summed E-state index contributed by atoms with van der Waals surface area (Å²) in [5.74, 6) is 1.35. The maximum atomic E-state index is 12.3. The molecule has 0 radical (unpaired) electrons. The minimum absolute atomic E-state index is 0.147. The van der Waals surface area contributed by atoms with E-state index in [0.717, 1.165) is 24.3 Å². The van der Waals surface area contributed by atoms with E-state index in [4.69, 9.17) is 0 Å². The Bertz CT molecular complexity index is 406. The van der Waals surface area contributed by atoms with Crippen LogP contribution in [0.1, 0.15) is 36.3 Å². The van der Waals surface area contributed by atoms with E-state index in [1.54, 1.807) is 12.3 Å². The fraction of sp³-hybridized carbons (Fsp3) is 0.571. The number of hydrogen-bond donors (Lipinski definition) is 0. The van der Waals surface area contributed by atoms with Gasteiger partial charge in [-0.2, -0.15) is 0 Å². The summed E-state index contributed by atoms with van der Waals surface area (Å²) in [6, 6.07) is 3.67. The van der Waals surface area contributed by atoms with Crippen LogP contribution in [0.3, 0.4) is 0 Å². The van der Waals surface area contributed by atoms with Gasteiger partial charge in [0.2, 0.25) is 0 Å². The van der Waals surface area contributed by atoms with Gasteiger partial charge in [0.05, 0.1) is 0 Å². The van der Waals surface area contributed by atoms with Crippen LogP contribution in [-0.4, -0.2) is 28.9 Å². The third-order valence-corrected chi connectivity index (χ3v) is 3.30. The number of hydrogen-bond acceptors (Lipinski definition) is 2. The Balaban J connectivity index is 2.14. The Kier molecular flexibility index (Phi) is 3.46. The van der Waals surface area contributed by atoms with Gasteiger partial charge in [0.1, 0.15) is 0 Å². The van der Waals surface area contributed by atoms with Crippen LogP contribution in [0.4, 0.5) is 0 Å². The number of carbonyl (C=O) groups is 1. The molecule has 1 aromatic heterocycles. The molecule has 0 aliphatic carbocycles. The number of likely N-dealkylation sites (tertiary alicyclic amines) is 1. The molecule has 1 saturated heterocycles. The van der Waals surface area contributed by atoms with Crippen LogP contribution in [0.2, 0.25) is 0 Å². The van der Waals surface area contributed by atoms with Gasteiger partial charge >= 0.3 is 0 Å². The van der Waals surface area contributed by atoms with E-state index < -0.39 is 0 Å². The summed E-state index contributed by atoms with van der Waals surface area (Å²) in [5, 5.41) is 0. The average molecular weight is 232 g/mol. The zero-order valence-electron chi connectivity index (χ0n) is 10.8. The van der Waals surface area contributed by atoms with Gasteiger partial charge in [0.25, 0.3) is 5.91 Å². The zero-order chi connectivity index (χ0) is 12.4. The van der Waals surface area contributed by atoms with Gasteiger partial charge in [-0.15, -0.1) is 0 Å². The van der Waals surface area contributed by atoms with E-state index in [-0.39, 0.29) is 5.91 Å². The molecule has 92 valence electrons. The van der Waals surface area contributed by atoms with Gasteiger partial charge in [-0.05, 0) is 37.3 Å². The first-order valence-corrected chi connectivity index (χ1v) is 6.28. The van der Waals surface area contributed by atoms with Crippen LogP contribution < -0.4 is 0 Å². The maximum absolute atomic E-state index is 12.3. The molecule has 1 fully saturated rings. The van der Waals surface area contributed by atoms with E-state index >= 15 is 0 Å². The minimum atomic E-state index is 0.147. The molecule has 2 rings (SSSR count). The molecule has 2 heterocycles. The second-order valence-electron chi connectivity index (χ2n) is 5.34.